The summed E-state index contributed by atoms with van der Waals surface area (Å²) in [5.74, 6) is 0. The van der Waals surface area contributed by atoms with Gasteiger partial charge >= 0.3 is 0 Å². The lowest BCUT2D eigenvalue weighted by Gasteiger charge is -2.18. The Morgan fingerprint density at radius 3 is 1.49 bits per heavy atom. The first-order chi connectivity index (χ1) is 24.6. The molecule has 9 aromatic rings. The monoisotopic (exact) mass is 570 g/mol. The molecular weight excluding hydrogens is 537 g/mol. The molecule has 1 heterocycles. The van der Waals surface area contributed by atoms with E-state index in [2.05, 4.69) is 48.5 Å². The van der Waals surface area contributed by atoms with Gasteiger partial charge in [-0.3, -0.25) is 0 Å². The molecule has 1 heteroatoms. The molecule has 0 bridgehead atoms. The second kappa shape index (κ2) is 9.66. The molecule has 8 aromatic carbocycles. The molecule has 0 spiro atoms. The van der Waals surface area contributed by atoms with E-state index in [4.69, 9.17) is 11.0 Å². The van der Waals surface area contributed by atoms with Crippen molar-refractivity contribution in [3.8, 4) is 33.4 Å². The van der Waals surface area contributed by atoms with E-state index in [0.717, 1.165) is 11.1 Å². The van der Waals surface area contributed by atoms with Crippen LogP contribution in [0.25, 0.3) is 85.9 Å². The predicted molar refractivity (Wildman–Crippen MR) is 188 cm³/mol. The van der Waals surface area contributed by atoms with Crippen LogP contribution in [0.2, 0.25) is 0 Å². The highest BCUT2D eigenvalue weighted by molar-refractivity contribution is 7.25. The van der Waals surface area contributed by atoms with E-state index in [1.807, 2.05) is 36.4 Å². The summed E-state index contributed by atoms with van der Waals surface area (Å²) in [6, 6.07) is 33.3. The Morgan fingerprint density at radius 1 is 0.372 bits per heavy atom. The van der Waals surface area contributed by atoms with Crippen molar-refractivity contribution in [3.63, 3.8) is 0 Å². The zero-order valence-electron chi connectivity index (χ0n) is 30.8. The Labute approximate surface area is 265 Å². The quantitative estimate of drug-likeness (QED) is 0.185. The maximum Gasteiger partial charge on any atom is 0.0629 e. The fourth-order valence-corrected chi connectivity index (χ4v) is 7.39. The van der Waals surface area contributed by atoms with Gasteiger partial charge in [0.1, 0.15) is 0 Å². The molecule has 0 nitrogen and oxygen atoms in total. The Balaban J connectivity index is 1.32. The van der Waals surface area contributed by atoms with Crippen LogP contribution >= 0.6 is 11.3 Å². The molecule has 0 aliphatic rings. The number of benzene rings is 8. The van der Waals surface area contributed by atoms with Crippen LogP contribution in [0.15, 0.2) is 158 Å². The minimum atomic E-state index is -0.409. The number of rotatable bonds is 3. The lowest BCUT2D eigenvalue weighted by atomic mass is 9.86. The van der Waals surface area contributed by atoms with Crippen LogP contribution in [-0.4, -0.2) is 0 Å². The zero-order chi connectivity index (χ0) is 35.3. The van der Waals surface area contributed by atoms with Gasteiger partial charge in [0.2, 0.25) is 0 Å². The van der Waals surface area contributed by atoms with Gasteiger partial charge in [0.05, 0.1) is 11.0 Å². The van der Waals surface area contributed by atoms with E-state index in [9.17, 15) is 0 Å². The van der Waals surface area contributed by atoms with E-state index in [1.165, 1.54) is 30.9 Å². The fourth-order valence-electron chi connectivity index (χ4n) is 6.28. The topological polar surface area (TPSA) is 0 Å². The third kappa shape index (κ3) is 3.90. The first-order valence-corrected chi connectivity index (χ1v) is 14.9. The molecule has 0 aliphatic carbocycles. The average Bonchev–Trinajstić information content (AvgIpc) is 3.52. The Morgan fingerprint density at radius 2 is 0.860 bits per heavy atom. The van der Waals surface area contributed by atoms with Crippen molar-refractivity contribution in [1.82, 2.24) is 0 Å². The highest BCUT2D eigenvalue weighted by Gasteiger charge is 2.16. The van der Waals surface area contributed by atoms with Gasteiger partial charge in [-0.1, -0.05) is 133 Å². The van der Waals surface area contributed by atoms with Crippen LogP contribution in [0.1, 0.15) is 11.0 Å². The maximum absolute atomic E-state index is 9.14. The second-order valence-electron chi connectivity index (χ2n) is 10.7. The van der Waals surface area contributed by atoms with Crippen molar-refractivity contribution in [2.45, 2.75) is 0 Å². The fraction of sp³-hybridized carbons (Fsp3) is 0. The van der Waals surface area contributed by atoms with Crippen molar-refractivity contribution in [2.75, 3.05) is 0 Å². The molecule has 0 N–H and O–H groups in total. The lowest BCUT2D eigenvalue weighted by molar-refractivity contribution is 1.63. The molecule has 9 rings (SSSR count). The van der Waals surface area contributed by atoms with Crippen molar-refractivity contribution in [1.29, 1.82) is 0 Å². The molecule has 0 saturated heterocycles. The molecule has 0 unspecified atom stereocenters. The van der Waals surface area contributed by atoms with E-state index in [1.54, 1.807) is 35.6 Å². The molecular formula is C42H26S. The summed E-state index contributed by atoms with van der Waals surface area (Å²) in [4.78, 5) is 0. The average molecular weight is 571 g/mol. The van der Waals surface area contributed by atoms with Gasteiger partial charge in [-0.15, -0.1) is 11.3 Å². The summed E-state index contributed by atoms with van der Waals surface area (Å²) in [6.07, 6.45) is 0. The minimum absolute atomic E-state index is 0.212. The third-order valence-electron chi connectivity index (χ3n) is 8.28. The summed E-state index contributed by atoms with van der Waals surface area (Å²) >= 11 is 1.77. The van der Waals surface area contributed by atoms with E-state index >= 15 is 0 Å². The summed E-state index contributed by atoms with van der Waals surface area (Å²) in [7, 11) is 0. The second-order valence-corrected chi connectivity index (χ2v) is 11.8. The molecule has 0 fully saturated rings. The van der Waals surface area contributed by atoms with Crippen molar-refractivity contribution < 1.29 is 11.0 Å². The number of hydrogen-bond acceptors (Lipinski definition) is 1. The summed E-state index contributed by atoms with van der Waals surface area (Å²) in [6.45, 7) is 0. The van der Waals surface area contributed by atoms with Gasteiger partial charge in [-0.2, -0.15) is 0 Å². The Bertz CT molecular complexity index is 2850. The molecule has 0 saturated carbocycles. The highest BCUT2D eigenvalue weighted by atomic mass is 32.1. The molecule has 43 heavy (non-hydrogen) atoms. The van der Waals surface area contributed by atoms with Crippen LogP contribution in [0, 0.1) is 0 Å². The van der Waals surface area contributed by atoms with Crippen molar-refractivity contribution in [3.05, 3.63) is 158 Å². The van der Waals surface area contributed by atoms with Gasteiger partial charge in [-0.05, 0) is 90.0 Å². The molecule has 1 aromatic heterocycles. The number of hydrogen-bond donors (Lipinski definition) is 0. The van der Waals surface area contributed by atoms with Crippen LogP contribution in [-0.2, 0) is 0 Å². The first kappa shape index (κ1) is 17.7. The van der Waals surface area contributed by atoms with Gasteiger partial charge in [0, 0.05) is 20.2 Å². The Kier molecular flexibility index (Phi) is 3.97. The van der Waals surface area contributed by atoms with Gasteiger partial charge in [0.25, 0.3) is 0 Å². The van der Waals surface area contributed by atoms with E-state index < -0.39 is 24.2 Å². The largest absolute Gasteiger partial charge is 0.135 e. The summed E-state index contributed by atoms with van der Waals surface area (Å²) in [5.41, 5.74) is 3.82. The van der Waals surface area contributed by atoms with Gasteiger partial charge < -0.3 is 0 Å². The standard InChI is InChI=1S/C42H26S/c1-2-10-28(11-3-1)41-33-14-6-8-16-35(33)42(36-17-9-7-15-34(36)41)29-20-18-27(19-21-29)32-22-23-39-37(25-32)38-24-30-12-4-5-13-31(30)26-40(38)43-39/h1-26H/i6D,7D,8D,9D,14D,15D,16D,17D. The van der Waals surface area contributed by atoms with E-state index in [-0.39, 0.29) is 45.7 Å². The van der Waals surface area contributed by atoms with Crippen LogP contribution in [0.5, 0.6) is 0 Å². The predicted octanol–water partition coefficient (Wildman–Crippen LogP) is 12.5. The zero-order valence-corrected chi connectivity index (χ0v) is 23.6. The summed E-state index contributed by atoms with van der Waals surface area (Å²) < 4.78 is 73.4. The van der Waals surface area contributed by atoms with Gasteiger partial charge in [-0.25, -0.2) is 0 Å². The maximum atomic E-state index is 9.14. The normalized spacial score (nSPS) is 14.3. The Hall–Kier alpha value is -5.24. The van der Waals surface area contributed by atoms with Crippen LogP contribution in [0.4, 0.5) is 0 Å². The molecule has 0 atom stereocenters. The van der Waals surface area contributed by atoms with Crippen molar-refractivity contribution >= 4 is 63.8 Å². The first-order valence-electron chi connectivity index (χ1n) is 18.1. The SMILES string of the molecule is [2H]c1c([2H])c([2H])c2c(-c3ccc(-c4ccc5sc6cc7ccccc7cc6c5c4)cc3)c3c([2H])c([2H])c([2H])c([2H])c3c(-c3ccccc3)c2c1[2H]. The smallest absolute Gasteiger partial charge is 0.0629 e. The highest BCUT2D eigenvalue weighted by Crippen LogP contribution is 2.44. The van der Waals surface area contributed by atoms with Gasteiger partial charge in [0.15, 0.2) is 0 Å². The number of fused-ring (bicyclic) bond motifs is 6. The number of thiophene rings is 1. The van der Waals surface area contributed by atoms with Crippen molar-refractivity contribution in [2.24, 2.45) is 0 Å². The van der Waals surface area contributed by atoms with Crippen LogP contribution < -0.4 is 0 Å². The molecule has 200 valence electrons. The third-order valence-corrected chi connectivity index (χ3v) is 9.42. The minimum Gasteiger partial charge on any atom is -0.135 e. The molecule has 0 amide bonds. The van der Waals surface area contributed by atoms with Crippen LogP contribution in [0.3, 0.4) is 0 Å². The van der Waals surface area contributed by atoms with E-state index in [0.29, 0.717) is 22.3 Å². The molecule has 0 radical (unpaired) electrons. The summed E-state index contributed by atoms with van der Waals surface area (Å²) in [5, 5.41) is 5.62. The molecule has 0 aliphatic heterocycles. The lowest BCUT2D eigenvalue weighted by Crippen LogP contribution is -1.90.